The Hall–Kier alpha value is -0.800. The molecule has 0 rings (SSSR count). The normalized spacial score (nSPS) is 11.0. The predicted molar refractivity (Wildman–Crippen MR) is 78.8 cm³/mol. The van der Waals surface area contributed by atoms with Crippen LogP contribution in [0.3, 0.4) is 0 Å². The Kier molecular flexibility index (Phi) is 15.6. The van der Waals surface area contributed by atoms with Gasteiger partial charge in [-0.15, -0.1) is 0 Å². The summed E-state index contributed by atoms with van der Waals surface area (Å²) in [5.41, 5.74) is 0. The number of quaternary nitrogens is 2. The lowest BCUT2D eigenvalue weighted by Gasteiger charge is -2.17. The summed E-state index contributed by atoms with van der Waals surface area (Å²) in [7, 11) is 7.82. The molecular weight excluding hydrogens is 334 g/mol. The Labute approximate surface area is 132 Å². The maximum Gasteiger partial charge on any atom is 0.426 e. The molecule has 0 saturated heterocycles. The summed E-state index contributed by atoms with van der Waals surface area (Å²) in [6.07, 6.45) is 0. The Morgan fingerprint density at radius 2 is 0.864 bits per heavy atom. The second-order valence-electron chi connectivity index (χ2n) is 6.61. The van der Waals surface area contributed by atoms with Gasteiger partial charge in [-0.3, -0.25) is 0 Å². The molecule has 0 heterocycles. The standard InChI is InChI=1S/2C4H12N.2CH2NO3P/c2*1-5(2,3)4;2*2-1-6(3,4)5/h2*1-4H3;2*(H2,3,4,5)/q2*+1;;/p-2. The van der Waals surface area contributed by atoms with E-state index in [0.29, 0.717) is 5.81 Å². The van der Waals surface area contributed by atoms with Gasteiger partial charge in [0.25, 0.3) is 0 Å². The lowest BCUT2D eigenvalue weighted by atomic mass is 10.8. The maximum absolute atomic E-state index is 9.33. The van der Waals surface area contributed by atoms with Crippen LogP contribution in [0.2, 0.25) is 0 Å². The van der Waals surface area contributed by atoms with Crippen LogP contribution in [0, 0.1) is 22.1 Å². The Morgan fingerprint density at radius 3 is 0.864 bits per heavy atom. The van der Waals surface area contributed by atoms with Crippen LogP contribution in [-0.2, 0) is 9.13 Å². The highest BCUT2D eigenvalue weighted by atomic mass is 31.2. The molecule has 0 aromatic carbocycles. The van der Waals surface area contributed by atoms with Gasteiger partial charge in [0.2, 0.25) is 0 Å². The van der Waals surface area contributed by atoms with E-state index < -0.39 is 15.2 Å². The van der Waals surface area contributed by atoms with Crippen LogP contribution in [-0.4, -0.2) is 75.1 Å². The molecule has 0 unspecified atom stereocenters. The van der Waals surface area contributed by atoms with Crippen molar-refractivity contribution in [2.24, 2.45) is 0 Å². The largest absolute Gasteiger partial charge is 0.800 e. The summed E-state index contributed by atoms with van der Waals surface area (Å²) in [6.45, 7) is 0. The zero-order valence-corrected chi connectivity index (χ0v) is 16.0. The van der Waals surface area contributed by atoms with E-state index in [4.69, 9.17) is 34.7 Å². The van der Waals surface area contributed by atoms with Gasteiger partial charge in [-0.05, 0) is 0 Å². The van der Waals surface area contributed by atoms with E-state index in [1.165, 1.54) is 0 Å². The summed E-state index contributed by atoms with van der Waals surface area (Å²) in [5, 5.41) is 14.7. The van der Waals surface area contributed by atoms with Crippen LogP contribution in [0.1, 0.15) is 0 Å². The number of nitrogens with zero attached hydrogens (tertiary/aromatic N) is 4. The van der Waals surface area contributed by atoms with Crippen molar-refractivity contribution in [3.8, 4) is 11.6 Å². The molecule has 0 aliphatic rings. The van der Waals surface area contributed by atoms with Crippen LogP contribution in [0.15, 0.2) is 0 Å². The molecule has 0 radical (unpaired) electrons. The highest BCUT2D eigenvalue weighted by molar-refractivity contribution is 7.57. The molecule has 0 aliphatic carbocycles. The van der Waals surface area contributed by atoms with Crippen molar-refractivity contribution in [3.05, 3.63) is 0 Å². The van der Waals surface area contributed by atoms with Gasteiger partial charge in [0.1, 0.15) is 0 Å². The molecule has 0 saturated carbocycles. The van der Waals surface area contributed by atoms with Crippen LogP contribution in [0.4, 0.5) is 0 Å². The second kappa shape index (κ2) is 11.7. The second-order valence-corrected chi connectivity index (χ2v) is 9.09. The van der Waals surface area contributed by atoms with Gasteiger partial charge in [-0.2, -0.15) is 10.5 Å². The molecule has 0 aromatic rings. The van der Waals surface area contributed by atoms with E-state index in [9.17, 15) is 4.57 Å². The molecule has 10 nitrogen and oxygen atoms in total. The van der Waals surface area contributed by atoms with E-state index in [-0.39, 0.29) is 0 Å². The number of hydrogen-bond donors (Lipinski definition) is 2. The minimum Gasteiger partial charge on any atom is -0.800 e. The summed E-state index contributed by atoms with van der Waals surface area (Å²) >= 11 is 0. The average molecular weight is 360 g/mol. The summed E-state index contributed by atoms with van der Waals surface area (Å²) < 4.78 is 20.4. The highest BCUT2D eigenvalue weighted by Crippen LogP contribution is 2.30. The fraction of sp³-hybridized carbons (Fsp3) is 0.800. The van der Waals surface area contributed by atoms with Gasteiger partial charge in [0.15, 0.2) is 5.81 Å². The first-order valence-corrected chi connectivity index (χ1v) is 8.76. The molecule has 12 heteroatoms. The van der Waals surface area contributed by atoms with Crippen molar-refractivity contribution in [1.82, 2.24) is 0 Å². The van der Waals surface area contributed by atoms with Crippen molar-refractivity contribution in [2.75, 3.05) is 56.4 Å². The third-order valence-corrected chi connectivity index (χ3v) is 0.758. The Balaban J connectivity index is -0.0000000986. The van der Waals surface area contributed by atoms with Gasteiger partial charge in [-0.1, -0.05) is 0 Å². The molecule has 0 fully saturated rings. The number of rotatable bonds is 0. The van der Waals surface area contributed by atoms with Crippen molar-refractivity contribution in [1.29, 1.82) is 10.5 Å². The zero-order valence-electron chi connectivity index (χ0n) is 14.2. The Bertz CT molecular complexity index is 402. The lowest BCUT2D eigenvalue weighted by molar-refractivity contribution is -0.849. The van der Waals surface area contributed by atoms with E-state index in [2.05, 4.69) is 56.4 Å². The van der Waals surface area contributed by atoms with E-state index in [1.54, 1.807) is 0 Å². The van der Waals surface area contributed by atoms with E-state index >= 15 is 0 Å². The minimum atomic E-state index is -4.84. The fourth-order valence-electron chi connectivity index (χ4n) is 0. The molecule has 2 N–H and O–H groups in total. The van der Waals surface area contributed by atoms with Crippen molar-refractivity contribution >= 4 is 15.2 Å². The van der Waals surface area contributed by atoms with Gasteiger partial charge in [-0.25, -0.2) is 4.57 Å². The summed E-state index contributed by atoms with van der Waals surface area (Å²) in [4.78, 5) is 33.4. The maximum atomic E-state index is 9.33. The zero-order chi connectivity index (χ0) is 19.4. The molecule has 0 bridgehead atoms. The monoisotopic (exact) mass is 360 g/mol. The quantitative estimate of drug-likeness (QED) is 0.395. The molecule has 0 aromatic heterocycles. The average Bonchev–Trinajstić information content (AvgIpc) is 2.11. The van der Waals surface area contributed by atoms with Crippen molar-refractivity contribution in [2.45, 2.75) is 0 Å². The van der Waals surface area contributed by atoms with E-state index in [0.717, 1.165) is 14.8 Å². The fourth-order valence-corrected chi connectivity index (χ4v) is 0. The number of nitriles is 2. The first kappa shape index (κ1) is 29.2. The van der Waals surface area contributed by atoms with Crippen LogP contribution < -0.4 is 9.79 Å². The van der Waals surface area contributed by atoms with Crippen LogP contribution in [0.5, 0.6) is 0 Å². The minimum absolute atomic E-state index is 0.549. The first-order valence-electron chi connectivity index (χ1n) is 5.60. The molecule has 0 spiro atoms. The molecule has 132 valence electrons. The van der Waals surface area contributed by atoms with Crippen LogP contribution >= 0.6 is 15.2 Å². The highest BCUT2D eigenvalue weighted by Gasteiger charge is 2.06. The SMILES string of the molecule is C[N+](C)(C)C.C[N+](C)(C)C.N#CP(=O)(O)O.N#CP(=O)([O-])[O-]. The van der Waals surface area contributed by atoms with Gasteiger partial charge >= 0.3 is 7.60 Å². The third kappa shape index (κ3) is 235. The van der Waals surface area contributed by atoms with Gasteiger partial charge < -0.3 is 33.1 Å². The Morgan fingerprint density at radius 1 is 0.773 bits per heavy atom. The van der Waals surface area contributed by atoms with Gasteiger partial charge in [0, 0.05) is 7.60 Å². The topological polar surface area (TPSA) is 168 Å². The number of hydrogen-bond acceptors (Lipinski definition) is 6. The lowest BCUT2D eigenvalue weighted by Crippen LogP contribution is -2.27. The summed E-state index contributed by atoms with van der Waals surface area (Å²) in [6, 6.07) is 0. The molecule has 0 aliphatic heterocycles. The molecule has 0 atom stereocenters. The molecule has 22 heavy (non-hydrogen) atoms. The van der Waals surface area contributed by atoms with E-state index in [1.807, 2.05) is 0 Å². The molecule has 0 amide bonds. The van der Waals surface area contributed by atoms with Gasteiger partial charge in [0.05, 0.1) is 62.2 Å². The van der Waals surface area contributed by atoms with Crippen LogP contribution in [0.25, 0.3) is 0 Å². The smallest absolute Gasteiger partial charge is 0.426 e. The third-order valence-electron chi connectivity index (χ3n) is 0.253. The first-order chi connectivity index (χ1) is 9.12. The predicted octanol–water partition coefficient (Wildman–Crippen LogP) is -1.33. The van der Waals surface area contributed by atoms with Crippen molar-refractivity contribution in [3.63, 3.8) is 0 Å². The molecular formula is C10H26N4O6P2. The summed E-state index contributed by atoms with van der Waals surface area (Å²) in [5.74, 6) is 1.32. The van der Waals surface area contributed by atoms with Crippen molar-refractivity contribution < 1.29 is 37.7 Å².